The van der Waals surface area contributed by atoms with Gasteiger partial charge in [-0.25, -0.2) is 4.79 Å². The third kappa shape index (κ3) is 3.44. The summed E-state index contributed by atoms with van der Waals surface area (Å²) in [5.74, 6) is -2.83. The Hall–Kier alpha value is -2.97. The van der Waals surface area contributed by atoms with E-state index in [1.54, 1.807) is 18.7 Å². The second-order valence-electron chi connectivity index (χ2n) is 7.20. The van der Waals surface area contributed by atoms with E-state index in [0.29, 0.717) is 24.2 Å². The van der Waals surface area contributed by atoms with Crippen LogP contribution in [0.4, 0.5) is 5.69 Å². The number of anilines is 1. The molecule has 0 spiro atoms. The number of aryl methyl sites for hydroxylation is 2. The van der Waals surface area contributed by atoms with E-state index in [-0.39, 0.29) is 11.8 Å². The van der Waals surface area contributed by atoms with Crippen LogP contribution in [0, 0.1) is 25.7 Å². The lowest BCUT2D eigenvalue weighted by Gasteiger charge is -2.21. The molecule has 3 amide bonds. The summed E-state index contributed by atoms with van der Waals surface area (Å²) in [5.41, 5.74) is 1.99. The summed E-state index contributed by atoms with van der Waals surface area (Å²) in [6, 6.07) is -1.07. The van der Waals surface area contributed by atoms with E-state index in [4.69, 9.17) is 4.74 Å². The van der Waals surface area contributed by atoms with E-state index >= 15 is 0 Å². The van der Waals surface area contributed by atoms with Gasteiger partial charge < -0.3 is 10.1 Å². The molecule has 0 radical (unpaired) electrons. The number of carbonyl (C=O) groups is 4. The van der Waals surface area contributed by atoms with E-state index in [1.807, 2.05) is 19.1 Å². The Labute approximate surface area is 162 Å². The molecule has 0 unspecified atom stereocenters. The number of hydrogen-bond acceptors (Lipinski definition) is 6. The number of fused-ring (bicyclic) bond motifs is 1. The Kier molecular flexibility index (Phi) is 5.35. The molecule has 2 heterocycles. The van der Waals surface area contributed by atoms with Gasteiger partial charge in [0.05, 0.1) is 28.9 Å². The average Bonchev–Trinajstić information content (AvgIpc) is 3.06. The van der Waals surface area contributed by atoms with Crippen LogP contribution in [0.5, 0.6) is 0 Å². The van der Waals surface area contributed by atoms with Gasteiger partial charge in [-0.1, -0.05) is 12.2 Å². The van der Waals surface area contributed by atoms with Crippen molar-refractivity contribution < 1.29 is 23.9 Å². The number of nitrogens with zero attached hydrogens (tertiary/aromatic N) is 3. The number of aromatic nitrogens is 2. The maximum atomic E-state index is 12.5. The van der Waals surface area contributed by atoms with Gasteiger partial charge in [0, 0.05) is 7.05 Å². The number of amides is 3. The van der Waals surface area contributed by atoms with Gasteiger partial charge in [0.15, 0.2) is 6.61 Å². The van der Waals surface area contributed by atoms with Crippen LogP contribution in [-0.4, -0.2) is 51.0 Å². The lowest BCUT2D eigenvalue weighted by atomic mass is 9.85. The number of imide groups is 1. The first-order valence-electron chi connectivity index (χ1n) is 9.21. The van der Waals surface area contributed by atoms with Gasteiger partial charge >= 0.3 is 5.97 Å². The van der Waals surface area contributed by atoms with E-state index in [1.165, 1.54) is 6.92 Å². The number of nitrogens with one attached hydrogen (secondary N) is 1. The summed E-state index contributed by atoms with van der Waals surface area (Å²) in [4.78, 5) is 50.5. The van der Waals surface area contributed by atoms with E-state index in [2.05, 4.69) is 10.4 Å². The molecule has 28 heavy (non-hydrogen) atoms. The van der Waals surface area contributed by atoms with Gasteiger partial charge in [0.2, 0.25) is 11.8 Å². The normalized spacial score (nSPS) is 22.2. The fourth-order valence-electron chi connectivity index (χ4n) is 3.70. The van der Waals surface area contributed by atoms with Crippen molar-refractivity contribution in [2.24, 2.45) is 18.9 Å². The van der Waals surface area contributed by atoms with Gasteiger partial charge in [-0.05, 0) is 33.6 Å². The number of ether oxygens (including phenoxy) is 1. The minimum atomic E-state index is -1.07. The zero-order valence-corrected chi connectivity index (χ0v) is 16.4. The van der Waals surface area contributed by atoms with Crippen LogP contribution in [-0.2, 0) is 31.0 Å². The van der Waals surface area contributed by atoms with Crippen molar-refractivity contribution in [3.63, 3.8) is 0 Å². The smallest absolute Gasteiger partial charge is 0.329 e. The summed E-state index contributed by atoms with van der Waals surface area (Å²) >= 11 is 0. The Morgan fingerprint density at radius 1 is 1.21 bits per heavy atom. The topological polar surface area (TPSA) is 111 Å². The van der Waals surface area contributed by atoms with Crippen molar-refractivity contribution in [1.82, 2.24) is 14.7 Å². The molecule has 2 aliphatic rings. The third-order valence-corrected chi connectivity index (χ3v) is 5.39. The van der Waals surface area contributed by atoms with E-state index < -0.39 is 36.4 Å². The molecule has 1 N–H and O–H groups in total. The van der Waals surface area contributed by atoms with Crippen LogP contribution >= 0.6 is 0 Å². The zero-order valence-electron chi connectivity index (χ0n) is 16.4. The Morgan fingerprint density at radius 2 is 1.79 bits per heavy atom. The molecule has 1 aromatic rings. The molecular weight excluding hydrogens is 364 g/mol. The standard InChI is InChI=1S/C19H24N4O5/c1-10-16(11(2)22(4)21-10)20-15(24)9-28-19(27)12(3)23-17(25)13-7-5-6-8-14(13)18(23)26/h5-6,12-14H,7-9H2,1-4H3,(H,20,24)/t12-,13-,14-/m0/s1. The molecule has 9 heteroatoms. The fraction of sp³-hybridized carbons (Fsp3) is 0.526. The SMILES string of the molecule is Cc1nn(C)c(C)c1NC(=O)COC(=O)[C@H](C)N1C(=O)[C@H]2CC=CC[C@@H]2C1=O. The number of rotatable bonds is 5. The van der Waals surface area contributed by atoms with Crippen LogP contribution in [0.2, 0.25) is 0 Å². The van der Waals surface area contributed by atoms with Crippen molar-refractivity contribution in [2.45, 2.75) is 39.7 Å². The molecule has 1 aliphatic heterocycles. The van der Waals surface area contributed by atoms with E-state index in [0.717, 1.165) is 10.6 Å². The number of hydrogen-bond donors (Lipinski definition) is 1. The molecule has 1 saturated heterocycles. The minimum Gasteiger partial charge on any atom is -0.454 e. The number of likely N-dealkylation sites (tertiary alicyclic amines) is 1. The van der Waals surface area contributed by atoms with Crippen molar-refractivity contribution >= 4 is 29.4 Å². The molecule has 3 atom stereocenters. The predicted molar refractivity (Wildman–Crippen MR) is 98.9 cm³/mol. The highest BCUT2D eigenvalue weighted by Crippen LogP contribution is 2.36. The summed E-state index contributed by atoms with van der Waals surface area (Å²) < 4.78 is 6.68. The quantitative estimate of drug-likeness (QED) is 0.455. The highest BCUT2D eigenvalue weighted by atomic mass is 16.5. The molecule has 0 aromatic carbocycles. The number of allylic oxidation sites excluding steroid dienone is 2. The fourth-order valence-corrected chi connectivity index (χ4v) is 3.70. The van der Waals surface area contributed by atoms with Gasteiger partial charge in [0.1, 0.15) is 6.04 Å². The lowest BCUT2D eigenvalue weighted by Crippen LogP contribution is -2.45. The largest absolute Gasteiger partial charge is 0.454 e. The van der Waals surface area contributed by atoms with Gasteiger partial charge in [-0.3, -0.25) is 24.0 Å². The van der Waals surface area contributed by atoms with Crippen LogP contribution in [0.15, 0.2) is 12.2 Å². The Bertz CT molecular complexity index is 846. The lowest BCUT2D eigenvalue weighted by molar-refractivity contribution is -0.159. The molecule has 9 nitrogen and oxygen atoms in total. The van der Waals surface area contributed by atoms with E-state index in [9.17, 15) is 19.2 Å². The average molecular weight is 388 g/mol. The van der Waals surface area contributed by atoms with Crippen LogP contribution in [0.1, 0.15) is 31.2 Å². The molecule has 1 fully saturated rings. The zero-order chi connectivity index (χ0) is 20.6. The highest BCUT2D eigenvalue weighted by molar-refractivity contribution is 6.08. The highest BCUT2D eigenvalue weighted by Gasteiger charge is 2.50. The van der Waals surface area contributed by atoms with Gasteiger partial charge in [-0.15, -0.1) is 0 Å². The molecule has 3 rings (SSSR count). The molecule has 1 aliphatic carbocycles. The van der Waals surface area contributed by atoms with Crippen LogP contribution in [0.25, 0.3) is 0 Å². The summed E-state index contributed by atoms with van der Waals surface area (Å²) in [7, 11) is 1.76. The van der Waals surface area contributed by atoms with Crippen molar-refractivity contribution in [3.05, 3.63) is 23.5 Å². The monoisotopic (exact) mass is 388 g/mol. The van der Waals surface area contributed by atoms with Crippen LogP contribution in [0.3, 0.4) is 0 Å². The molecule has 0 bridgehead atoms. The van der Waals surface area contributed by atoms with Crippen molar-refractivity contribution in [2.75, 3.05) is 11.9 Å². The maximum absolute atomic E-state index is 12.5. The van der Waals surface area contributed by atoms with Crippen molar-refractivity contribution in [1.29, 1.82) is 0 Å². The number of esters is 1. The third-order valence-electron chi connectivity index (χ3n) is 5.39. The van der Waals surface area contributed by atoms with Crippen LogP contribution < -0.4 is 5.32 Å². The van der Waals surface area contributed by atoms with Crippen molar-refractivity contribution in [3.8, 4) is 0 Å². The van der Waals surface area contributed by atoms with Gasteiger partial charge in [-0.2, -0.15) is 5.10 Å². The first-order valence-corrected chi connectivity index (χ1v) is 9.21. The Balaban J connectivity index is 1.58. The minimum absolute atomic E-state index is 0.352. The summed E-state index contributed by atoms with van der Waals surface area (Å²) in [6.07, 6.45) is 4.76. The summed E-state index contributed by atoms with van der Waals surface area (Å²) in [6.45, 7) is 4.50. The first kappa shape index (κ1) is 19.8. The Morgan fingerprint density at radius 3 is 2.29 bits per heavy atom. The second kappa shape index (κ2) is 7.57. The maximum Gasteiger partial charge on any atom is 0.329 e. The van der Waals surface area contributed by atoms with Gasteiger partial charge in [0.25, 0.3) is 5.91 Å². The summed E-state index contributed by atoms with van der Waals surface area (Å²) in [5, 5.41) is 6.87. The molecule has 1 aromatic heterocycles. The first-order chi connectivity index (χ1) is 13.2. The molecule has 0 saturated carbocycles. The second-order valence-corrected chi connectivity index (χ2v) is 7.20. The predicted octanol–water partition coefficient (Wildman–Crippen LogP) is 0.858. The molecular formula is C19H24N4O5. The molecule has 150 valence electrons. The number of carbonyl (C=O) groups excluding carboxylic acids is 4.